The van der Waals surface area contributed by atoms with Crippen molar-refractivity contribution < 1.29 is 19.1 Å². The molecule has 198 valence electrons. The normalized spacial score (nSPS) is 17.2. The third-order valence-corrected chi connectivity index (χ3v) is 7.80. The van der Waals surface area contributed by atoms with Gasteiger partial charge in [0.15, 0.2) is 10.9 Å². The first-order valence-corrected chi connectivity index (χ1v) is 13.3. The van der Waals surface area contributed by atoms with Crippen LogP contribution in [0.1, 0.15) is 51.2 Å². The zero-order valence-corrected chi connectivity index (χ0v) is 22.6. The third kappa shape index (κ3) is 5.78. The van der Waals surface area contributed by atoms with Crippen LogP contribution in [0, 0.1) is 24.2 Å². The summed E-state index contributed by atoms with van der Waals surface area (Å²) in [6.07, 6.45) is 6.83. The number of halogens is 1. The van der Waals surface area contributed by atoms with E-state index in [1.807, 2.05) is 11.0 Å². The molecule has 0 radical (unpaired) electrons. The van der Waals surface area contributed by atoms with Gasteiger partial charge in [-0.15, -0.1) is 6.58 Å². The second-order valence-electron chi connectivity index (χ2n) is 8.69. The van der Waals surface area contributed by atoms with E-state index < -0.39 is 5.97 Å². The number of ketones is 1. The molecule has 12 heteroatoms. The zero-order chi connectivity index (χ0) is 27.2. The van der Waals surface area contributed by atoms with Crippen LogP contribution in [0.4, 0.5) is 5.13 Å². The first-order chi connectivity index (χ1) is 18.4. The highest BCUT2D eigenvalue weighted by Crippen LogP contribution is 2.36. The minimum atomic E-state index is -0.468. The lowest BCUT2D eigenvalue weighted by atomic mass is 9.88. The number of hydrogen-bond donors (Lipinski definition) is 1. The number of thiazole rings is 1. The molecule has 0 aromatic carbocycles. The molecule has 3 aromatic rings. The molecule has 1 fully saturated rings. The van der Waals surface area contributed by atoms with Crippen LogP contribution in [0.25, 0.3) is 11.4 Å². The summed E-state index contributed by atoms with van der Waals surface area (Å²) in [4.78, 5) is 44.4. The number of nitrogens with zero attached hydrogens (tertiary/aromatic N) is 5. The number of Topliss-reactive ketones (excluding diaryl/α,β-unsaturated/α-hetero) is 1. The van der Waals surface area contributed by atoms with Crippen molar-refractivity contribution in [1.82, 2.24) is 19.9 Å². The number of rotatable bonds is 10. The van der Waals surface area contributed by atoms with E-state index in [9.17, 15) is 14.9 Å². The highest BCUT2D eigenvalue weighted by molar-refractivity contribution is 7.17. The van der Waals surface area contributed by atoms with Gasteiger partial charge in [-0.3, -0.25) is 14.8 Å². The lowest BCUT2D eigenvalue weighted by Crippen LogP contribution is -2.46. The van der Waals surface area contributed by atoms with Crippen LogP contribution >= 0.6 is 22.9 Å². The molecular weight excluding hydrogens is 528 g/mol. The molecule has 4 heterocycles. The van der Waals surface area contributed by atoms with Crippen molar-refractivity contribution in [2.45, 2.75) is 32.8 Å². The SMILES string of the molecule is C=CCO[C@H]1CN(c2nc(-c3cnccn3)c(C(=O)OCC)s2)CC[C@H]1CC(=O)c1[nH]c(C)c(Cl)c1C#N. The number of nitriles is 1. The van der Waals surface area contributed by atoms with E-state index in [1.54, 1.807) is 38.5 Å². The first kappa shape index (κ1) is 27.4. The Balaban J connectivity index is 1.57. The second kappa shape index (κ2) is 12.3. The minimum absolute atomic E-state index is 0.100. The molecule has 1 saturated heterocycles. The van der Waals surface area contributed by atoms with Gasteiger partial charge in [-0.2, -0.15) is 5.26 Å². The van der Waals surface area contributed by atoms with Crippen molar-refractivity contribution in [3.63, 3.8) is 0 Å². The number of aromatic amines is 1. The molecule has 38 heavy (non-hydrogen) atoms. The molecule has 2 atom stereocenters. The number of piperidine rings is 1. The van der Waals surface area contributed by atoms with Crippen molar-refractivity contribution in [3.8, 4) is 17.5 Å². The summed E-state index contributed by atoms with van der Waals surface area (Å²) in [7, 11) is 0. The topological polar surface area (TPSA) is 134 Å². The number of anilines is 1. The number of carbonyl (C=O) groups excluding carboxylic acids is 2. The number of aromatic nitrogens is 4. The lowest BCUT2D eigenvalue weighted by molar-refractivity contribution is 0.0184. The average molecular weight is 555 g/mol. The van der Waals surface area contributed by atoms with Gasteiger partial charge in [0, 0.05) is 37.6 Å². The summed E-state index contributed by atoms with van der Waals surface area (Å²) in [5, 5.41) is 10.4. The summed E-state index contributed by atoms with van der Waals surface area (Å²) < 4.78 is 11.3. The van der Waals surface area contributed by atoms with Gasteiger partial charge in [-0.1, -0.05) is 29.0 Å². The van der Waals surface area contributed by atoms with Crippen molar-refractivity contribution in [1.29, 1.82) is 5.26 Å². The quantitative estimate of drug-likeness (QED) is 0.216. The van der Waals surface area contributed by atoms with Crippen molar-refractivity contribution in [3.05, 3.63) is 58.1 Å². The molecule has 0 bridgehead atoms. The molecule has 0 aliphatic carbocycles. The van der Waals surface area contributed by atoms with Gasteiger partial charge in [0.25, 0.3) is 0 Å². The van der Waals surface area contributed by atoms with Crippen LogP contribution in [0.5, 0.6) is 0 Å². The number of esters is 1. The van der Waals surface area contributed by atoms with Crippen LogP contribution in [0.15, 0.2) is 31.2 Å². The Bertz CT molecular complexity index is 1370. The van der Waals surface area contributed by atoms with Gasteiger partial charge < -0.3 is 19.4 Å². The highest BCUT2D eigenvalue weighted by atomic mass is 35.5. The van der Waals surface area contributed by atoms with Gasteiger partial charge in [0.05, 0.1) is 36.1 Å². The van der Waals surface area contributed by atoms with E-state index in [1.165, 1.54) is 11.3 Å². The van der Waals surface area contributed by atoms with Crippen LogP contribution in [-0.4, -0.2) is 64.1 Å². The highest BCUT2D eigenvalue weighted by Gasteiger charge is 2.35. The standard InChI is InChI=1S/C26H27ClN6O4S/c1-4-10-37-20-14-33(9-6-16(20)11-19(34)22-17(12-28)21(27)15(3)31-22)26-32-23(18-13-29-7-8-30-18)24(38-26)25(35)36-5-2/h4,7-8,13,16,20,31H,1,5-6,9-11,14H2,2-3H3/t16-,20-/m0/s1. The maximum Gasteiger partial charge on any atom is 0.350 e. The van der Waals surface area contributed by atoms with Crippen LogP contribution in [0.2, 0.25) is 5.02 Å². The van der Waals surface area contributed by atoms with E-state index in [0.29, 0.717) is 53.2 Å². The number of aryl methyl sites for hydroxylation is 1. The number of H-pyrrole nitrogens is 1. The number of carbonyl (C=O) groups is 2. The van der Waals surface area contributed by atoms with E-state index in [-0.39, 0.29) is 47.1 Å². The third-order valence-electron chi connectivity index (χ3n) is 6.23. The summed E-state index contributed by atoms with van der Waals surface area (Å²) in [6, 6.07) is 2.03. The average Bonchev–Trinajstić information content (AvgIpc) is 3.50. The maximum absolute atomic E-state index is 13.2. The van der Waals surface area contributed by atoms with Crippen molar-refractivity contribution in [2.24, 2.45) is 5.92 Å². The molecule has 10 nitrogen and oxygen atoms in total. The van der Waals surface area contributed by atoms with Gasteiger partial charge >= 0.3 is 5.97 Å². The Hall–Kier alpha value is -3.59. The largest absolute Gasteiger partial charge is 0.462 e. The van der Waals surface area contributed by atoms with E-state index in [2.05, 4.69) is 21.5 Å². The van der Waals surface area contributed by atoms with Gasteiger partial charge in [0.1, 0.15) is 28.0 Å². The lowest BCUT2D eigenvalue weighted by Gasteiger charge is -2.38. The smallest absolute Gasteiger partial charge is 0.350 e. The minimum Gasteiger partial charge on any atom is -0.462 e. The van der Waals surface area contributed by atoms with Crippen molar-refractivity contribution in [2.75, 3.05) is 31.2 Å². The Kier molecular flexibility index (Phi) is 8.89. The molecular formula is C26H27ClN6O4S. The van der Waals surface area contributed by atoms with Gasteiger partial charge in [-0.05, 0) is 26.2 Å². The molecule has 0 spiro atoms. The monoisotopic (exact) mass is 554 g/mol. The summed E-state index contributed by atoms with van der Waals surface area (Å²) in [5.74, 6) is -0.757. The predicted octanol–water partition coefficient (Wildman–Crippen LogP) is 4.61. The fourth-order valence-electron chi connectivity index (χ4n) is 4.38. The summed E-state index contributed by atoms with van der Waals surface area (Å²) in [5.41, 5.74) is 1.88. The Morgan fingerprint density at radius 1 is 1.42 bits per heavy atom. The summed E-state index contributed by atoms with van der Waals surface area (Å²) >= 11 is 7.42. The zero-order valence-electron chi connectivity index (χ0n) is 21.1. The molecule has 0 unspecified atom stereocenters. The fraction of sp³-hybridized carbons (Fsp3) is 0.385. The van der Waals surface area contributed by atoms with Crippen LogP contribution in [0.3, 0.4) is 0 Å². The van der Waals surface area contributed by atoms with Gasteiger partial charge in [0.2, 0.25) is 0 Å². The number of ether oxygens (including phenoxy) is 2. The first-order valence-electron chi connectivity index (χ1n) is 12.1. The number of nitrogens with one attached hydrogen (secondary N) is 1. The Morgan fingerprint density at radius 3 is 2.92 bits per heavy atom. The maximum atomic E-state index is 13.2. The molecule has 3 aromatic heterocycles. The van der Waals surface area contributed by atoms with Gasteiger partial charge in [-0.25, -0.2) is 9.78 Å². The molecule has 4 rings (SSSR count). The molecule has 1 aliphatic rings. The van der Waals surface area contributed by atoms with Crippen molar-refractivity contribution >= 4 is 39.8 Å². The fourth-order valence-corrected chi connectivity index (χ4v) is 5.57. The van der Waals surface area contributed by atoms with E-state index in [4.69, 9.17) is 26.1 Å². The predicted molar refractivity (Wildman–Crippen MR) is 144 cm³/mol. The molecule has 0 amide bonds. The van der Waals surface area contributed by atoms with E-state index >= 15 is 0 Å². The molecule has 0 saturated carbocycles. The van der Waals surface area contributed by atoms with Crippen LogP contribution < -0.4 is 4.90 Å². The molecule has 1 aliphatic heterocycles. The second-order valence-corrected chi connectivity index (χ2v) is 10.0. The number of hydrogen-bond acceptors (Lipinski definition) is 10. The van der Waals surface area contributed by atoms with Crippen LogP contribution in [-0.2, 0) is 9.47 Å². The molecule has 1 N–H and O–H groups in total. The van der Waals surface area contributed by atoms with E-state index in [0.717, 1.165) is 0 Å². The summed E-state index contributed by atoms with van der Waals surface area (Å²) in [6.45, 7) is 8.82. The Morgan fingerprint density at radius 2 is 2.24 bits per heavy atom. The Labute approximate surface area is 229 Å².